The van der Waals surface area contributed by atoms with Crippen molar-refractivity contribution >= 4 is 33.7 Å². The van der Waals surface area contributed by atoms with Crippen molar-refractivity contribution in [3.8, 4) is 17.2 Å². The standard InChI is InChI=1S/C17H14BrN3O6/c1-10(27-14-5-3-2-4-13(14)21(23)24)17(22)20-19-8-11-6-15-16(7-12(11)18)26-9-25-15/h2-8,10H,9H2,1H3,(H,20,22)/b19-8-/t10-/m0/s1. The number of hydrazone groups is 1. The van der Waals surface area contributed by atoms with Crippen LogP contribution in [0.15, 0.2) is 46.0 Å². The van der Waals surface area contributed by atoms with Crippen molar-refractivity contribution in [2.24, 2.45) is 5.10 Å². The first kappa shape index (κ1) is 18.6. The maximum atomic E-state index is 12.1. The van der Waals surface area contributed by atoms with Gasteiger partial charge >= 0.3 is 5.69 Å². The summed E-state index contributed by atoms with van der Waals surface area (Å²) < 4.78 is 16.6. The summed E-state index contributed by atoms with van der Waals surface area (Å²) in [5, 5.41) is 14.9. The van der Waals surface area contributed by atoms with Gasteiger partial charge in [0.15, 0.2) is 23.4 Å². The summed E-state index contributed by atoms with van der Waals surface area (Å²) in [7, 11) is 0. The molecule has 0 aliphatic carbocycles. The molecular formula is C17H14BrN3O6. The highest BCUT2D eigenvalue weighted by atomic mass is 79.9. The minimum Gasteiger partial charge on any atom is -0.474 e. The second-order valence-electron chi connectivity index (χ2n) is 5.45. The van der Waals surface area contributed by atoms with E-state index in [2.05, 4.69) is 26.5 Å². The number of carbonyl (C=O) groups is 1. The SMILES string of the molecule is C[C@H](Oc1ccccc1[N+](=O)[O-])C(=O)N/N=C\c1cc2c(cc1Br)OCO2. The van der Waals surface area contributed by atoms with Crippen molar-refractivity contribution in [2.75, 3.05) is 6.79 Å². The van der Waals surface area contributed by atoms with E-state index in [4.69, 9.17) is 14.2 Å². The highest BCUT2D eigenvalue weighted by Crippen LogP contribution is 2.36. The Morgan fingerprint density at radius 1 is 1.37 bits per heavy atom. The van der Waals surface area contributed by atoms with Crippen LogP contribution < -0.4 is 19.6 Å². The van der Waals surface area contributed by atoms with Gasteiger partial charge in [-0.3, -0.25) is 14.9 Å². The second kappa shape index (κ2) is 8.04. The molecule has 0 radical (unpaired) electrons. The lowest BCUT2D eigenvalue weighted by atomic mass is 10.2. The molecule has 3 rings (SSSR count). The van der Waals surface area contributed by atoms with Crippen molar-refractivity contribution in [1.29, 1.82) is 0 Å². The largest absolute Gasteiger partial charge is 0.474 e. The molecule has 27 heavy (non-hydrogen) atoms. The Balaban J connectivity index is 1.62. The number of nitrogens with zero attached hydrogens (tertiary/aromatic N) is 2. The predicted molar refractivity (Wildman–Crippen MR) is 99.2 cm³/mol. The number of fused-ring (bicyclic) bond motifs is 1. The van der Waals surface area contributed by atoms with Gasteiger partial charge in [0.05, 0.1) is 11.1 Å². The number of hydrogen-bond acceptors (Lipinski definition) is 7. The number of carbonyl (C=O) groups excluding carboxylic acids is 1. The molecule has 0 spiro atoms. The van der Waals surface area contributed by atoms with E-state index >= 15 is 0 Å². The molecule has 9 nitrogen and oxygen atoms in total. The molecule has 1 aliphatic heterocycles. The van der Waals surface area contributed by atoms with Crippen LogP contribution in [0.3, 0.4) is 0 Å². The van der Waals surface area contributed by atoms with Crippen LogP contribution in [0.1, 0.15) is 12.5 Å². The third kappa shape index (κ3) is 4.34. The fourth-order valence-corrected chi connectivity index (χ4v) is 2.66. The molecule has 1 heterocycles. The Labute approximate surface area is 162 Å². The van der Waals surface area contributed by atoms with Crippen molar-refractivity contribution in [3.05, 3.63) is 56.5 Å². The van der Waals surface area contributed by atoms with Crippen LogP contribution in [-0.2, 0) is 4.79 Å². The molecule has 140 valence electrons. The fourth-order valence-electron chi connectivity index (χ4n) is 2.24. The Morgan fingerprint density at radius 2 is 2.07 bits per heavy atom. The molecular weight excluding hydrogens is 422 g/mol. The Morgan fingerprint density at radius 3 is 2.81 bits per heavy atom. The van der Waals surface area contributed by atoms with Gasteiger partial charge in [0.25, 0.3) is 5.91 Å². The van der Waals surface area contributed by atoms with Crippen molar-refractivity contribution in [3.63, 3.8) is 0 Å². The molecule has 0 aromatic heterocycles. The van der Waals surface area contributed by atoms with Crippen LogP contribution in [0.25, 0.3) is 0 Å². The Kier molecular flexibility index (Phi) is 5.55. The summed E-state index contributed by atoms with van der Waals surface area (Å²) in [4.78, 5) is 22.5. The van der Waals surface area contributed by atoms with E-state index in [1.165, 1.54) is 31.3 Å². The summed E-state index contributed by atoms with van der Waals surface area (Å²) in [5.41, 5.74) is 2.79. The lowest BCUT2D eigenvalue weighted by molar-refractivity contribution is -0.386. The molecule has 1 amide bonds. The molecule has 2 aromatic carbocycles. The van der Waals surface area contributed by atoms with E-state index < -0.39 is 16.9 Å². The van der Waals surface area contributed by atoms with E-state index in [0.29, 0.717) is 21.5 Å². The third-order valence-electron chi connectivity index (χ3n) is 3.61. The zero-order valence-electron chi connectivity index (χ0n) is 14.0. The Hall–Kier alpha value is -3.14. The smallest absolute Gasteiger partial charge is 0.310 e. The molecule has 0 saturated heterocycles. The van der Waals surface area contributed by atoms with Gasteiger partial charge in [0.1, 0.15) is 0 Å². The van der Waals surface area contributed by atoms with Crippen LogP contribution in [0, 0.1) is 10.1 Å². The van der Waals surface area contributed by atoms with E-state index in [1.807, 2.05) is 0 Å². The molecule has 1 N–H and O–H groups in total. The normalized spacial score (nSPS) is 13.4. The number of hydrogen-bond donors (Lipinski definition) is 1. The number of ether oxygens (including phenoxy) is 3. The molecule has 1 aliphatic rings. The maximum absolute atomic E-state index is 12.1. The lowest BCUT2D eigenvalue weighted by Gasteiger charge is -2.12. The summed E-state index contributed by atoms with van der Waals surface area (Å²) >= 11 is 3.38. The lowest BCUT2D eigenvalue weighted by Crippen LogP contribution is -2.33. The van der Waals surface area contributed by atoms with Gasteiger partial charge in [-0.25, -0.2) is 5.43 Å². The number of halogens is 1. The van der Waals surface area contributed by atoms with Crippen LogP contribution in [0.4, 0.5) is 5.69 Å². The quantitative estimate of drug-likeness (QED) is 0.423. The molecule has 0 unspecified atom stereocenters. The minimum absolute atomic E-state index is 0.00708. The average molecular weight is 436 g/mol. The van der Waals surface area contributed by atoms with E-state index in [1.54, 1.807) is 18.2 Å². The summed E-state index contributed by atoms with van der Waals surface area (Å²) in [6, 6.07) is 9.29. The number of rotatable bonds is 6. The summed E-state index contributed by atoms with van der Waals surface area (Å²) in [5.74, 6) is 0.655. The minimum atomic E-state index is -0.983. The van der Waals surface area contributed by atoms with Gasteiger partial charge in [0, 0.05) is 16.1 Å². The number of nitrogens with one attached hydrogen (secondary N) is 1. The molecule has 0 saturated carbocycles. The number of benzene rings is 2. The first-order valence-corrected chi connectivity index (χ1v) is 8.57. The maximum Gasteiger partial charge on any atom is 0.310 e. The predicted octanol–water partition coefficient (Wildman–Crippen LogP) is 3.00. The highest BCUT2D eigenvalue weighted by molar-refractivity contribution is 9.10. The molecule has 0 bridgehead atoms. The van der Waals surface area contributed by atoms with E-state index in [9.17, 15) is 14.9 Å². The Bertz CT molecular complexity index is 918. The van der Waals surface area contributed by atoms with Gasteiger partial charge in [0.2, 0.25) is 6.79 Å². The average Bonchev–Trinajstić information content (AvgIpc) is 3.09. The van der Waals surface area contributed by atoms with Crippen LogP contribution in [-0.4, -0.2) is 29.9 Å². The van der Waals surface area contributed by atoms with Crippen LogP contribution in [0.5, 0.6) is 17.2 Å². The monoisotopic (exact) mass is 435 g/mol. The van der Waals surface area contributed by atoms with Gasteiger partial charge in [-0.2, -0.15) is 5.10 Å². The van der Waals surface area contributed by atoms with Crippen LogP contribution >= 0.6 is 15.9 Å². The summed E-state index contributed by atoms with van der Waals surface area (Å²) in [6.07, 6.45) is 0.449. The zero-order valence-corrected chi connectivity index (χ0v) is 15.6. The third-order valence-corrected chi connectivity index (χ3v) is 4.29. The van der Waals surface area contributed by atoms with Crippen molar-refractivity contribution in [2.45, 2.75) is 13.0 Å². The zero-order chi connectivity index (χ0) is 19.4. The second-order valence-corrected chi connectivity index (χ2v) is 6.30. The molecule has 0 fully saturated rings. The van der Waals surface area contributed by atoms with Gasteiger partial charge < -0.3 is 14.2 Å². The van der Waals surface area contributed by atoms with E-state index in [-0.39, 0.29) is 18.2 Å². The van der Waals surface area contributed by atoms with Gasteiger partial charge in [-0.1, -0.05) is 12.1 Å². The van der Waals surface area contributed by atoms with Crippen molar-refractivity contribution in [1.82, 2.24) is 5.43 Å². The van der Waals surface area contributed by atoms with Crippen LogP contribution in [0.2, 0.25) is 0 Å². The number of nitro groups is 1. The first-order valence-electron chi connectivity index (χ1n) is 7.78. The summed E-state index contributed by atoms with van der Waals surface area (Å²) in [6.45, 7) is 1.62. The highest BCUT2D eigenvalue weighted by Gasteiger charge is 2.20. The first-order chi connectivity index (χ1) is 13.0. The number of para-hydroxylation sites is 2. The van der Waals surface area contributed by atoms with Gasteiger partial charge in [-0.05, 0) is 41.1 Å². The molecule has 2 aromatic rings. The fraction of sp³-hybridized carbons (Fsp3) is 0.176. The molecule has 1 atom stereocenters. The number of amides is 1. The number of nitro benzene ring substituents is 1. The van der Waals surface area contributed by atoms with Crippen molar-refractivity contribution < 1.29 is 23.9 Å². The van der Waals surface area contributed by atoms with Gasteiger partial charge in [-0.15, -0.1) is 0 Å². The van der Waals surface area contributed by atoms with E-state index in [0.717, 1.165) is 0 Å². The molecule has 10 heteroatoms. The topological polar surface area (TPSA) is 112 Å².